The number of carboxylic acid groups (broad SMARTS) is 1. The number of aliphatic carboxylic acids is 1. The molecule has 1 N–H and O–H groups in total. The predicted octanol–water partition coefficient (Wildman–Crippen LogP) is 3.08. The summed E-state index contributed by atoms with van der Waals surface area (Å²) < 4.78 is 7.09. The molecule has 2 aromatic rings. The number of fused-ring (bicyclic) bond motifs is 1. The number of nitrogens with zero attached hydrogens (tertiary/aromatic N) is 1. The molecule has 0 saturated heterocycles. The summed E-state index contributed by atoms with van der Waals surface area (Å²) >= 11 is 0. The van der Waals surface area contributed by atoms with Crippen LogP contribution >= 0.6 is 0 Å². The minimum Gasteiger partial charge on any atom is -0.478 e. The minimum atomic E-state index is -1.03. The van der Waals surface area contributed by atoms with Gasteiger partial charge in [-0.15, -0.1) is 0 Å². The molecule has 5 heteroatoms. The van der Waals surface area contributed by atoms with Crippen LogP contribution in [0.15, 0.2) is 36.4 Å². The van der Waals surface area contributed by atoms with E-state index in [4.69, 9.17) is 9.84 Å². The van der Waals surface area contributed by atoms with Gasteiger partial charge in [0.15, 0.2) is 0 Å². The summed E-state index contributed by atoms with van der Waals surface area (Å²) in [5.41, 5.74) is 0.949. The number of carbonyl (C=O) groups is 2. The van der Waals surface area contributed by atoms with Crippen molar-refractivity contribution >= 4 is 28.9 Å². The van der Waals surface area contributed by atoms with Gasteiger partial charge in [-0.05, 0) is 39.0 Å². The summed E-state index contributed by atoms with van der Waals surface area (Å²) in [6.07, 6.45) is 2.53. The fraction of sp³-hybridized carbons (Fsp3) is 0.294. The highest BCUT2D eigenvalue weighted by molar-refractivity contribution is 5.89. The molecule has 1 heterocycles. The molecule has 0 atom stereocenters. The summed E-state index contributed by atoms with van der Waals surface area (Å²) in [4.78, 5) is 22.8. The Kier molecular flexibility index (Phi) is 4.35. The molecule has 22 heavy (non-hydrogen) atoms. The summed E-state index contributed by atoms with van der Waals surface area (Å²) in [7, 11) is 0. The van der Waals surface area contributed by atoms with Crippen molar-refractivity contribution in [3.63, 3.8) is 0 Å². The van der Waals surface area contributed by atoms with Gasteiger partial charge >= 0.3 is 11.9 Å². The van der Waals surface area contributed by atoms with Crippen molar-refractivity contribution in [1.82, 2.24) is 4.57 Å². The second kappa shape index (κ2) is 6.05. The van der Waals surface area contributed by atoms with E-state index in [-0.39, 0.29) is 12.5 Å². The normalized spacial score (nSPS) is 12.0. The smallest absolute Gasteiger partial charge is 0.328 e. The van der Waals surface area contributed by atoms with Gasteiger partial charge in [-0.25, -0.2) is 4.79 Å². The molecule has 0 amide bonds. The fourth-order valence-corrected chi connectivity index (χ4v) is 2.21. The number of esters is 1. The third kappa shape index (κ3) is 3.97. The Morgan fingerprint density at radius 2 is 1.95 bits per heavy atom. The zero-order valence-electron chi connectivity index (χ0n) is 12.9. The van der Waals surface area contributed by atoms with Crippen LogP contribution in [0.1, 0.15) is 26.5 Å². The predicted molar refractivity (Wildman–Crippen MR) is 84.5 cm³/mol. The van der Waals surface area contributed by atoms with Crippen LogP contribution in [0.25, 0.3) is 17.0 Å². The molecule has 2 rings (SSSR count). The minimum absolute atomic E-state index is 0.0318. The second-order valence-electron chi connectivity index (χ2n) is 5.97. The maximum Gasteiger partial charge on any atom is 0.328 e. The first-order valence-electron chi connectivity index (χ1n) is 6.97. The van der Waals surface area contributed by atoms with E-state index < -0.39 is 11.6 Å². The van der Waals surface area contributed by atoms with E-state index in [1.165, 1.54) is 6.08 Å². The Morgan fingerprint density at radius 3 is 2.59 bits per heavy atom. The summed E-state index contributed by atoms with van der Waals surface area (Å²) in [6.45, 7) is 5.46. The quantitative estimate of drug-likeness (QED) is 0.696. The van der Waals surface area contributed by atoms with Crippen LogP contribution in [-0.2, 0) is 20.9 Å². The second-order valence-corrected chi connectivity index (χ2v) is 5.97. The molecule has 116 valence electrons. The van der Waals surface area contributed by atoms with Crippen molar-refractivity contribution in [1.29, 1.82) is 0 Å². The number of carbonyl (C=O) groups excluding carboxylic acids is 1. The van der Waals surface area contributed by atoms with Crippen LogP contribution in [0.3, 0.4) is 0 Å². The Bertz CT molecular complexity index is 735. The third-order valence-electron chi connectivity index (χ3n) is 2.95. The Hall–Kier alpha value is -2.56. The fourth-order valence-electron chi connectivity index (χ4n) is 2.21. The monoisotopic (exact) mass is 301 g/mol. The molecular formula is C17H19NO4. The highest BCUT2D eigenvalue weighted by atomic mass is 16.6. The maximum absolute atomic E-state index is 12.1. The van der Waals surface area contributed by atoms with E-state index in [9.17, 15) is 9.59 Å². The lowest BCUT2D eigenvalue weighted by Crippen LogP contribution is -2.26. The molecule has 0 unspecified atom stereocenters. The molecule has 0 aliphatic rings. The van der Waals surface area contributed by atoms with Gasteiger partial charge < -0.3 is 14.4 Å². The Balaban J connectivity index is 2.39. The van der Waals surface area contributed by atoms with Gasteiger partial charge in [0.05, 0.1) is 0 Å². The van der Waals surface area contributed by atoms with Gasteiger partial charge in [-0.1, -0.05) is 18.2 Å². The van der Waals surface area contributed by atoms with E-state index in [1.807, 2.05) is 51.1 Å². The van der Waals surface area contributed by atoms with Gasteiger partial charge in [-0.2, -0.15) is 0 Å². The molecule has 0 radical (unpaired) electrons. The van der Waals surface area contributed by atoms with E-state index in [1.54, 1.807) is 4.57 Å². The van der Waals surface area contributed by atoms with Crippen molar-refractivity contribution < 1.29 is 19.4 Å². The van der Waals surface area contributed by atoms with Crippen molar-refractivity contribution in [2.45, 2.75) is 32.9 Å². The zero-order valence-corrected chi connectivity index (χ0v) is 12.9. The van der Waals surface area contributed by atoms with Crippen molar-refractivity contribution in [3.05, 3.63) is 42.1 Å². The number of hydrogen-bond acceptors (Lipinski definition) is 3. The number of para-hydroxylation sites is 1. The Morgan fingerprint density at radius 1 is 1.27 bits per heavy atom. The van der Waals surface area contributed by atoms with Crippen LogP contribution in [0.4, 0.5) is 0 Å². The number of hydrogen-bond donors (Lipinski definition) is 1. The van der Waals surface area contributed by atoms with Gasteiger partial charge in [0.1, 0.15) is 12.1 Å². The van der Waals surface area contributed by atoms with Crippen molar-refractivity contribution in [3.8, 4) is 0 Å². The van der Waals surface area contributed by atoms with Crippen LogP contribution < -0.4 is 0 Å². The first-order chi connectivity index (χ1) is 10.3. The number of ether oxygens (including phenoxy) is 1. The lowest BCUT2D eigenvalue weighted by Gasteiger charge is -2.20. The number of aromatic nitrogens is 1. The van der Waals surface area contributed by atoms with Gasteiger partial charge in [0.25, 0.3) is 0 Å². The van der Waals surface area contributed by atoms with Gasteiger partial charge in [0.2, 0.25) is 0 Å². The molecular weight excluding hydrogens is 282 g/mol. The van der Waals surface area contributed by atoms with E-state index in [0.717, 1.165) is 17.0 Å². The number of carboxylic acids is 1. The molecule has 1 aromatic carbocycles. The van der Waals surface area contributed by atoms with Crippen LogP contribution in [0.5, 0.6) is 0 Å². The molecule has 0 aliphatic carbocycles. The molecule has 0 bridgehead atoms. The highest BCUT2D eigenvalue weighted by Crippen LogP contribution is 2.21. The molecule has 0 fully saturated rings. The number of rotatable bonds is 4. The lowest BCUT2D eigenvalue weighted by molar-refractivity contribution is -0.155. The average Bonchev–Trinajstić information content (AvgIpc) is 2.72. The molecule has 1 aromatic heterocycles. The molecule has 0 aliphatic heterocycles. The van der Waals surface area contributed by atoms with Crippen LogP contribution in [-0.4, -0.2) is 27.2 Å². The first-order valence-corrected chi connectivity index (χ1v) is 6.97. The van der Waals surface area contributed by atoms with Gasteiger partial charge in [-0.3, -0.25) is 4.79 Å². The van der Waals surface area contributed by atoms with Gasteiger partial charge in [0, 0.05) is 22.7 Å². The average molecular weight is 301 g/mol. The Labute approximate surface area is 128 Å². The number of benzene rings is 1. The summed E-state index contributed by atoms with van der Waals surface area (Å²) in [5, 5.41) is 9.73. The molecule has 5 nitrogen and oxygen atoms in total. The highest BCUT2D eigenvalue weighted by Gasteiger charge is 2.18. The third-order valence-corrected chi connectivity index (χ3v) is 2.95. The van der Waals surface area contributed by atoms with E-state index in [2.05, 4.69) is 0 Å². The van der Waals surface area contributed by atoms with Crippen molar-refractivity contribution in [2.75, 3.05) is 0 Å². The summed E-state index contributed by atoms with van der Waals surface area (Å²) in [5.74, 6) is -1.40. The standard InChI is InChI=1S/C17H19NO4/c1-17(2,3)22-16(21)11-18-13(8-9-15(19)20)10-12-6-4-5-7-14(12)18/h4-10H,11H2,1-3H3,(H,19,20)/b9-8+. The van der Waals surface area contributed by atoms with Crippen molar-refractivity contribution in [2.24, 2.45) is 0 Å². The van der Waals surface area contributed by atoms with E-state index in [0.29, 0.717) is 5.69 Å². The van der Waals surface area contributed by atoms with E-state index >= 15 is 0 Å². The van der Waals surface area contributed by atoms with Crippen LogP contribution in [0.2, 0.25) is 0 Å². The summed E-state index contributed by atoms with van der Waals surface area (Å²) in [6, 6.07) is 9.42. The van der Waals surface area contributed by atoms with Crippen LogP contribution in [0, 0.1) is 0 Å². The SMILES string of the molecule is CC(C)(C)OC(=O)Cn1c(/C=C/C(=O)O)cc2ccccc21. The molecule has 0 spiro atoms. The zero-order chi connectivity index (χ0) is 16.3. The first kappa shape index (κ1) is 15.8. The largest absolute Gasteiger partial charge is 0.478 e. The topological polar surface area (TPSA) is 68.5 Å². The molecule has 0 saturated carbocycles. The lowest BCUT2D eigenvalue weighted by atomic mass is 10.2. The maximum atomic E-state index is 12.1.